The second-order valence-corrected chi connectivity index (χ2v) is 5.62. The summed E-state index contributed by atoms with van der Waals surface area (Å²) in [6.07, 6.45) is -1.78. The minimum atomic E-state index is -0.989. The number of hydrogen-bond acceptors (Lipinski definition) is 5. The summed E-state index contributed by atoms with van der Waals surface area (Å²) in [6.45, 7) is -0.827. The van der Waals surface area contributed by atoms with Crippen molar-refractivity contribution < 1.29 is 13.9 Å². The molecular weight excluding hydrogens is 337 g/mol. The third-order valence-corrected chi connectivity index (χ3v) is 3.79. The third-order valence-electron chi connectivity index (χ3n) is 3.79. The Morgan fingerprint density at radius 2 is 1.92 bits per heavy atom. The van der Waals surface area contributed by atoms with E-state index < -0.39 is 18.9 Å². The molecule has 0 saturated heterocycles. The summed E-state index contributed by atoms with van der Waals surface area (Å²) in [7, 11) is 1.63. The van der Waals surface area contributed by atoms with Gasteiger partial charge in [-0.05, 0) is 17.7 Å². The Labute approximate surface area is 149 Å². The van der Waals surface area contributed by atoms with Crippen LogP contribution >= 0.6 is 0 Å². The van der Waals surface area contributed by atoms with Gasteiger partial charge in [0.2, 0.25) is 0 Å². The number of halogens is 1. The summed E-state index contributed by atoms with van der Waals surface area (Å²) < 4.78 is 19.9. The number of ether oxygens (including phenoxy) is 1. The van der Waals surface area contributed by atoms with Crippen LogP contribution in [0.5, 0.6) is 0 Å². The molecule has 0 spiro atoms. The molecule has 0 saturated carbocycles. The van der Waals surface area contributed by atoms with E-state index >= 15 is 0 Å². The lowest BCUT2D eigenvalue weighted by Crippen LogP contribution is -2.20. The number of carbonyl (C=O) groups excluding carboxylic acids is 1. The van der Waals surface area contributed by atoms with E-state index in [2.05, 4.69) is 15.6 Å². The molecule has 0 aliphatic heterocycles. The van der Waals surface area contributed by atoms with Gasteiger partial charge in [-0.25, -0.2) is 13.9 Å². The lowest BCUT2D eigenvalue weighted by Gasteiger charge is -2.15. The molecule has 3 N–H and O–H groups in total. The van der Waals surface area contributed by atoms with Gasteiger partial charge in [-0.1, -0.05) is 47.7 Å². The van der Waals surface area contributed by atoms with Gasteiger partial charge in [-0.15, -0.1) is 5.10 Å². The Hall–Kier alpha value is -3.42. The van der Waals surface area contributed by atoms with E-state index in [1.54, 1.807) is 61.6 Å². The van der Waals surface area contributed by atoms with Crippen molar-refractivity contribution in [2.24, 2.45) is 7.05 Å². The van der Waals surface area contributed by atoms with E-state index in [4.69, 9.17) is 10.5 Å². The van der Waals surface area contributed by atoms with Gasteiger partial charge in [0.1, 0.15) is 12.4 Å². The zero-order chi connectivity index (χ0) is 18.5. The second kappa shape index (κ2) is 7.64. The third kappa shape index (κ3) is 3.80. The van der Waals surface area contributed by atoms with E-state index in [1.807, 2.05) is 0 Å². The van der Waals surface area contributed by atoms with Crippen molar-refractivity contribution in [3.8, 4) is 11.3 Å². The van der Waals surface area contributed by atoms with Crippen LogP contribution in [0.25, 0.3) is 11.3 Å². The molecule has 134 valence electrons. The first kappa shape index (κ1) is 17.4. The molecule has 1 amide bonds. The number of hydrogen-bond donors (Lipinski definition) is 2. The first-order valence-corrected chi connectivity index (χ1v) is 7.92. The van der Waals surface area contributed by atoms with E-state index in [0.717, 1.165) is 5.56 Å². The summed E-state index contributed by atoms with van der Waals surface area (Å²) in [4.78, 5) is 12.3. The Balaban J connectivity index is 1.77. The second-order valence-electron chi connectivity index (χ2n) is 5.62. The molecule has 26 heavy (non-hydrogen) atoms. The number of nitrogens with one attached hydrogen (secondary N) is 1. The van der Waals surface area contributed by atoms with Crippen LogP contribution in [-0.2, 0) is 11.8 Å². The van der Waals surface area contributed by atoms with Crippen LogP contribution in [0.1, 0.15) is 11.7 Å². The van der Waals surface area contributed by atoms with Crippen LogP contribution in [0.3, 0.4) is 0 Å². The molecule has 0 aliphatic rings. The average molecular weight is 355 g/mol. The topological polar surface area (TPSA) is 95.1 Å². The molecule has 1 heterocycles. The van der Waals surface area contributed by atoms with Gasteiger partial charge in [0.25, 0.3) is 0 Å². The van der Waals surface area contributed by atoms with Gasteiger partial charge >= 0.3 is 6.09 Å². The van der Waals surface area contributed by atoms with Crippen molar-refractivity contribution in [2.45, 2.75) is 6.10 Å². The Bertz CT molecular complexity index is 880. The number of benzene rings is 2. The molecule has 0 radical (unpaired) electrons. The van der Waals surface area contributed by atoms with Crippen molar-refractivity contribution >= 4 is 17.6 Å². The predicted octanol–water partition coefficient (Wildman–Crippen LogP) is 3.32. The summed E-state index contributed by atoms with van der Waals surface area (Å²) in [5.74, 6) is 0.338. The smallest absolute Gasteiger partial charge is 0.413 e. The van der Waals surface area contributed by atoms with E-state index in [9.17, 15) is 9.18 Å². The first-order chi connectivity index (χ1) is 12.6. The molecule has 0 unspecified atom stereocenters. The zero-order valence-electron chi connectivity index (χ0n) is 14.1. The molecule has 7 nitrogen and oxygen atoms in total. The standard InChI is InChI=1S/C18H18FN5O2/c1-24-17(16(22-23-24)13-7-9-14(20)10-8-13)21-18(25)26-15(11-19)12-5-3-2-4-6-12/h2-10,15H,11,20H2,1H3,(H,21,25)/t15-/m1/s1. The molecule has 3 rings (SSSR count). The average Bonchev–Trinajstić information content (AvgIpc) is 3.01. The summed E-state index contributed by atoms with van der Waals surface area (Å²) in [5, 5.41) is 10.6. The van der Waals surface area contributed by atoms with Gasteiger partial charge < -0.3 is 10.5 Å². The molecule has 0 bridgehead atoms. The highest BCUT2D eigenvalue weighted by Crippen LogP contribution is 2.26. The number of alkyl halides is 1. The van der Waals surface area contributed by atoms with Crippen molar-refractivity contribution in [3.63, 3.8) is 0 Å². The summed E-state index contributed by atoms with van der Waals surface area (Å²) >= 11 is 0. The Kier molecular flexibility index (Phi) is 5.12. The number of carbonyl (C=O) groups is 1. The highest BCUT2D eigenvalue weighted by atomic mass is 19.1. The summed E-state index contributed by atoms with van der Waals surface area (Å²) in [6, 6.07) is 15.7. The zero-order valence-corrected chi connectivity index (χ0v) is 14.1. The fourth-order valence-electron chi connectivity index (χ4n) is 2.44. The van der Waals surface area contributed by atoms with E-state index in [0.29, 0.717) is 22.8 Å². The van der Waals surface area contributed by atoms with Gasteiger partial charge in [-0.3, -0.25) is 5.32 Å². The van der Waals surface area contributed by atoms with Crippen LogP contribution in [0.15, 0.2) is 54.6 Å². The molecule has 1 aromatic heterocycles. The number of aryl methyl sites for hydroxylation is 1. The van der Waals surface area contributed by atoms with Gasteiger partial charge in [0, 0.05) is 18.3 Å². The highest BCUT2D eigenvalue weighted by molar-refractivity contribution is 5.88. The van der Waals surface area contributed by atoms with Crippen LogP contribution in [0.2, 0.25) is 0 Å². The molecule has 3 aromatic rings. The normalized spacial score (nSPS) is 11.8. The van der Waals surface area contributed by atoms with Crippen molar-refractivity contribution in [1.29, 1.82) is 0 Å². The highest BCUT2D eigenvalue weighted by Gasteiger charge is 2.20. The minimum absolute atomic E-state index is 0.338. The maximum Gasteiger partial charge on any atom is 0.413 e. The van der Waals surface area contributed by atoms with Crippen molar-refractivity contribution in [1.82, 2.24) is 15.0 Å². The molecular formula is C18H18FN5O2. The molecule has 2 aromatic carbocycles. The molecule has 8 heteroatoms. The van der Waals surface area contributed by atoms with Gasteiger partial charge in [-0.2, -0.15) is 0 Å². The number of aromatic nitrogens is 3. The predicted molar refractivity (Wildman–Crippen MR) is 96.1 cm³/mol. The van der Waals surface area contributed by atoms with E-state index in [1.165, 1.54) is 4.68 Å². The Morgan fingerprint density at radius 1 is 1.23 bits per heavy atom. The Morgan fingerprint density at radius 3 is 2.58 bits per heavy atom. The van der Waals surface area contributed by atoms with Crippen molar-refractivity contribution in [3.05, 3.63) is 60.2 Å². The van der Waals surface area contributed by atoms with E-state index in [-0.39, 0.29) is 0 Å². The van der Waals surface area contributed by atoms with Crippen molar-refractivity contribution in [2.75, 3.05) is 17.7 Å². The molecule has 0 aliphatic carbocycles. The lowest BCUT2D eigenvalue weighted by molar-refractivity contribution is 0.0928. The maximum absolute atomic E-state index is 13.3. The lowest BCUT2D eigenvalue weighted by atomic mass is 10.1. The number of nitrogens with zero attached hydrogens (tertiary/aromatic N) is 3. The fourth-order valence-corrected chi connectivity index (χ4v) is 2.44. The monoisotopic (exact) mass is 355 g/mol. The molecule has 0 fully saturated rings. The van der Waals surface area contributed by atoms with Crippen LogP contribution in [0.4, 0.5) is 20.7 Å². The van der Waals surface area contributed by atoms with Crippen LogP contribution in [-0.4, -0.2) is 27.8 Å². The SMILES string of the molecule is Cn1nnc(-c2ccc(N)cc2)c1NC(=O)O[C@H](CF)c1ccccc1. The number of nitrogen functional groups attached to an aromatic ring is 1. The fraction of sp³-hybridized carbons (Fsp3) is 0.167. The molecule has 1 atom stereocenters. The number of amides is 1. The first-order valence-electron chi connectivity index (χ1n) is 7.92. The summed E-state index contributed by atoms with van der Waals surface area (Å²) in [5.41, 5.74) is 8.06. The maximum atomic E-state index is 13.3. The largest absolute Gasteiger partial charge is 0.438 e. The number of nitrogens with two attached hydrogens (primary N) is 1. The quantitative estimate of drug-likeness (QED) is 0.685. The van der Waals surface area contributed by atoms with Crippen LogP contribution in [0, 0.1) is 0 Å². The van der Waals surface area contributed by atoms with Crippen LogP contribution < -0.4 is 11.1 Å². The van der Waals surface area contributed by atoms with Gasteiger partial charge in [0.05, 0.1) is 0 Å². The minimum Gasteiger partial charge on any atom is -0.438 e. The van der Waals surface area contributed by atoms with Gasteiger partial charge in [0.15, 0.2) is 11.9 Å². The number of rotatable bonds is 5. The number of anilines is 2.